The summed E-state index contributed by atoms with van der Waals surface area (Å²) in [4.78, 5) is 47.9. The van der Waals surface area contributed by atoms with Crippen molar-refractivity contribution in [2.75, 3.05) is 0 Å². The summed E-state index contributed by atoms with van der Waals surface area (Å²) >= 11 is 0. The molecule has 0 spiro atoms. The smallest absolute Gasteiger partial charge is 0.259 e. The molecule has 0 saturated carbocycles. The molecule has 1 aliphatic heterocycles. The van der Waals surface area contributed by atoms with Crippen LogP contribution in [0.25, 0.3) is 134 Å². The number of pyridine rings is 2. The molecule has 0 saturated heterocycles. The normalized spacial score (nSPS) is 12.6. The number of rotatable bonds is 8. The van der Waals surface area contributed by atoms with Crippen LogP contribution in [0, 0.1) is 0 Å². The molecular weight excluding hydrogens is 997 g/mol. The van der Waals surface area contributed by atoms with Crippen molar-refractivity contribution in [1.29, 1.82) is 0 Å². The molecule has 6 heterocycles. The molecule has 372 valence electrons. The first kappa shape index (κ1) is 45.4. The fourth-order valence-electron chi connectivity index (χ4n) is 12.0. The lowest BCUT2D eigenvalue weighted by Gasteiger charge is -2.33. The Kier molecular flexibility index (Phi) is 10.3. The van der Waals surface area contributed by atoms with Crippen LogP contribution in [-0.2, 0) is 0 Å². The molecule has 0 fully saturated rings. The van der Waals surface area contributed by atoms with Crippen LogP contribution in [0.3, 0.4) is 0 Å². The maximum atomic E-state index is 5.54. The number of hydrogen-bond donors (Lipinski definition) is 0. The first-order chi connectivity index (χ1) is 39.6. The van der Waals surface area contributed by atoms with Crippen molar-refractivity contribution in [1.82, 2.24) is 49.1 Å². The van der Waals surface area contributed by atoms with Crippen molar-refractivity contribution in [2.24, 2.45) is 0 Å². The molecule has 80 heavy (non-hydrogen) atoms. The van der Waals surface area contributed by atoms with E-state index in [0.717, 1.165) is 110 Å². The Balaban J connectivity index is 1.07. The summed E-state index contributed by atoms with van der Waals surface area (Å²) in [6, 6.07) is 84.5. The van der Waals surface area contributed by atoms with E-state index in [1.807, 2.05) is 97.3 Å². The Labute approximate surface area is 459 Å². The van der Waals surface area contributed by atoms with Crippen LogP contribution in [0.2, 0.25) is 0 Å². The van der Waals surface area contributed by atoms with E-state index in [9.17, 15) is 0 Å². The molecule has 15 aromatic rings. The van der Waals surface area contributed by atoms with Crippen molar-refractivity contribution in [3.05, 3.63) is 255 Å². The van der Waals surface area contributed by atoms with Gasteiger partial charge in [-0.1, -0.05) is 206 Å². The summed E-state index contributed by atoms with van der Waals surface area (Å²) < 4.78 is 2.58. The van der Waals surface area contributed by atoms with Crippen LogP contribution in [0.1, 0.15) is 0 Å². The number of imidazole rings is 1. The lowest BCUT2D eigenvalue weighted by Crippen LogP contribution is -2.70. The van der Waals surface area contributed by atoms with Crippen LogP contribution < -0.4 is 15.6 Å². The summed E-state index contributed by atoms with van der Waals surface area (Å²) in [5.41, 5.74) is 9.97. The SMILES string of the molecule is c1ccc(-c2nc(-c3ccccc3)nc(-c3cc([Si]4(c5cc(-c6nc(-c7ccccc7)nc(-c7ccccc7)n6)c6c(ccc7cccnc76)c5)c5ccccc5-c5nc6ccccc6n54)cc4ccc5cccnc5c34)n2)cc1. The molecule has 11 heteroatoms. The zero-order chi connectivity index (χ0) is 52.7. The van der Waals surface area contributed by atoms with Gasteiger partial charge in [0.25, 0.3) is 8.24 Å². The molecule has 0 radical (unpaired) electrons. The lowest BCUT2D eigenvalue weighted by atomic mass is 10.00. The third-order valence-electron chi connectivity index (χ3n) is 15.5. The topological polar surface area (TPSA) is 121 Å². The average Bonchev–Trinajstić information content (AvgIpc) is 2.90. The summed E-state index contributed by atoms with van der Waals surface area (Å²) in [6.07, 6.45) is 3.74. The third-order valence-corrected chi connectivity index (χ3v) is 20.1. The quantitative estimate of drug-likeness (QED) is 0.108. The van der Waals surface area contributed by atoms with E-state index >= 15 is 0 Å². The zero-order valence-electron chi connectivity index (χ0n) is 42.7. The minimum Gasteiger partial charge on any atom is -0.339 e. The van der Waals surface area contributed by atoms with Crippen LogP contribution in [0.4, 0.5) is 0 Å². The van der Waals surface area contributed by atoms with E-state index < -0.39 is 8.24 Å². The molecular formula is C69H42N10Si. The molecule has 16 rings (SSSR count). The Morgan fingerprint density at radius 2 is 0.700 bits per heavy atom. The van der Waals surface area contributed by atoms with Gasteiger partial charge in [-0.15, -0.1) is 0 Å². The predicted molar refractivity (Wildman–Crippen MR) is 323 cm³/mol. The van der Waals surface area contributed by atoms with E-state index in [1.165, 1.54) is 5.19 Å². The lowest BCUT2D eigenvalue weighted by molar-refractivity contribution is 1.08. The largest absolute Gasteiger partial charge is 0.339 e. The van der Waals surface area contributed by atoms with E-state index in [1.54, 1.807) is 0 Å². The van der Waals surface area contributed by atoms with Gasteiger partial charge in [0.15, 0.2) is 34.9 Å². The summed E-state index contributed by atoms with van der Waals surface area (Å²) in [5, 5.41) is 9.32. The second-order valence-electron chi connectivity index (χ2n) is 20.1. The molecule has 1 aliphatic rings. The van der Waals surface area contributed by atoms with Gasteiger partial charge >= 0.3 is 0 Å². The van der Waals surface area contributed by atoms with Crippen molar-refractivity contribution >= 4 is 78.2 Å². The molecule has 5 aromatic heterocycles. The van der Waals surface area contributed by atoms with Gasteiger partial charge in [0.1, 0.15) is 5.82 Å². The molecule has 0 bridgehead atoms. The van der Waals surface area contributed by atoms with Crippen molar-refractivity contribution in [2.45, 2.75) is 0 Å². The Bertz CT molecular complexity index is 4590. The molecule has 10 aromatic carbocycles. The van der Waals surface area contributed by atoms with Crippen LogP contribution >= 0.6 is 0 Å². The number of benzene rings is 10. The second kappa shape index (κ2) is 18.2. The third kappa shape index (κ3) is 7.14. The molecule has 0 amide bonds. The van der Waals surface area contributed by atoms with Crippen molar-refractivity contribution in [3.8, 4) is 79.7 Å². The summed E-state index contributed by atoms with van der Waals surface area (Å²) in [6.45, 7) is 0. The highest BCUT2D eigenvalue weighted by Gasteiger charge is 2.52. The first-order valence-corrected chi connectivity index (χ1v) is 28.6. The van der Waals surface area contributed by atoms with E-state index in [2.05, 4.69) is 162 Å². The monoisotopic (exact) mass is 1040 g/mol. The van der Waals surface area contributed by atoms with Gasteiger partial charge in [-0.25, -0.2) is 34.9 Å². The maximum Gasteiger partial charge on any atom is 0.259 e. The van der Waals surface area contributed by atoms with Gasteiger partial charge in [-0.05, 0) is 62.7 Å². The highest BCUT2D eigenvalue weighted by atomic mass is 28.3. The number of hydrogen-bond acceptors (Lipinski definition) is 9. The Morgan fingerprint density at radius 3 is 1.18 bits per heavy atom. The van der Waals surface area contributed by atoms with Gasteiger partial charge in [0.2, 0.25) is 0 Å². The fraction of sp³-hybridized carbons (Fsp3) is 0. The zero-order valence-corrected chi connectivity index (χ0v) is 43.7. The van der Waals surface area contributed by atoms with Crippen molar-refractivity contribution < 1.29 is 0 Å². The molecule has 0 unspecified atom stereocenters. The predicted octanol–water partition coefficient (Wildman–Crippen LogP) is 13.3. The van der Waals surface area contributed by atoms with Gasteiger partial charge in [-0.3, -0.25) is 9.97 Å². The van der Waals surface area contributed by atoms with Gasteiger partial charge in [-0.2, -0.15) is 0 Å². The molecule has 10 nitrogen and oxygen atoms in total. The molecule has 0 aliphatic carbocycles. The number of nitrogens with zero attached hydrogens (tertiary/aromatic N) is 10. The highest BCUT2D eigenvalue weighted by molar-refractivity contribution is 7.12. The minimum atomic E-state index is -3.68. The number of fused-ring (bicyclic) bond motifs is 11. The van der Waals surface area contributed by atoms with E-state index in [0.29, 0.717) is 34.9 Å². The van der Waals surface area contributed by atoms with Crippen LogP contribution in [0.15, 0.2) is 255 Å². The standard InChI is InChI=1S/C69H42N10Si/c1-5-19-45(20-6-1)63-73-64(46-21-7-2-8-22-46)76-67(75-63)54-41-51(39-49-35-33-43-27-17-37-70-61(43)59(49)54)80(58-32-16-13-29-53(58)69-72-56-30-14-15-31-57(56)79(69)80)52-40-50-36-34-44-28-18-38-71-62(44)60(50)55(42-52)68-77-65(47-23-9-3-10-24-47)74-66(78-68)48-25-11-4-12-26-48/h1-42H. The van der Waals surface area contributed by atoms with E-state index in [4.69, 9.17) is 44.9 Å². The Morgan fingerprint density at radius 1 is 0.300 bits per heavy atom. The second-order valence-corrected chi connectivity index (χ2v) is 23.7. The van der Waals surface area contributed by atoms with Gasteiger partial charge in [0.05, 0.1) is 22.1 Å². The summed E-state index contributed by atoms with van der Waals surface area (Å²) in [5.74, 6) is 4.28. The minimum absolute atomic E-state index is 0.540. The molecule has 0 N–H and O–H groups in total. The fourth-order valence-corrected chi connectivity index (χ4v) is 17.1. The highest BCUT2D eigenvalue weighted by Crippen LogP contribution is 2.41. The maximum absolute atomic E-state index is 5.54. The van der Waals surface area contributed by atoms with E-state index in [-0.39, 0.29) is 0 Å². The first-order valence-electron chi connectivity index (χ1n) is 26.6. The average molecular weight is 1040 g/mol. The van der Waals surface area contributed by atoms with Crippen molar-refractivity contribution in [3.63, 3.8) is 0 Å². The van der Waals surface area contributed by atoms with Gasteiger partial charge in [0, 0.05) is 72.9 Å². The number of aromatic nitrogens is 10. The number of para-hydroxylation sites is 2. The molecule has 0 atom stereocenters. The Hall–Kier alpha value is -10.8. The summed E-state index contributed by atoms with van der Waals surface area (Å²) in [7, 11) is -3.68. The van der Waals surface area contributed by atoms with Crippen LogP contribution in [-0.4, -0.2) is 57.3 Å². The van der Waals surface area contributed by atoms with Crippen LogP contribution in [0.5, 0.6) is 0 Å². The van der Waals surface area contributed by atoms with Gasteiger partial charge < -0.3 is 4.23 Å².